The smallest absolute Gasteiger partial charge is 0.195 e. The molecule has 1 aromatic heterocycles. The van der Waals surface area contributed by atoms with Crippen molar-refractivity contribution < 1.29 is 0 Å². The molecule has 0 fully saturated rings. The molecule has 1 N–H and O–H groups in total. The molecule has 0 bridgehead atoms. The van der Waals surface area contributed by atoms with E-state index in [1.807, 2.05) is 0 Å². The number of thioether (sulfide) groups is 1. The van der Waals surface area contributed by atoms with Gasteiger partial charge in [0.05, 0.1) is 12.4 Å². The van der Waals surface area contributed by atoms with Gasteiger partial charge in [0.15, 0.2) is 5.17 Å². The van der Waals surface area contributed by atoms with E-state index in [1.54, 1.807) is 6.20 Å². The van der Waals surface area contributed by atoms with Crippen LogP contribution in [-0.2, 0) is 0 Å². The third-order valence-electron chi connectivity index (χ3n) is 1.08. The van der Waals surface area contributed by atoms with Crippen molar-refractivity contribution in [2.45, 2.75) is 5.03 Å². The van der Waals surface area contributed by atoms with Crippen molar-refractivity contribution in [2.24, 2.45) is 9.98 Å². The number of hydrogen-bond donors (Lipinski definition) is 1. The summed E-state index contributed by atoms with van der Waals surface area (Å²) in [6.45, 7) is 0. The first-order valence-electron chi connectivity index (χ1n) is 3.05. The summed E-state index contributed by atoms with van der Waals surface area (Å²) in [5.41, 5.74) is 0. The molecular formula is C5H3N5S2. The van der Waals surface area contributed by atoms with Gasteiger partial charge in [0.2, 0.25) is 0 Å². The van der Waals surface area contributed by atoms with Gasteiger partial charge in [0.1, 0.15) is 10.0 Å². The molecule has 0 aliphatic carbocycles. The van der Waals surface area contributed by atoms with Gasteiger partial charge in [0.25, 0.3) is 0 Å². The van der Waals surface area contributed by atoms with Gasteiger partial charge in [-0.3, -0.25) is 0 Å². The van der Waals surface area contributed by atoms with Crippen molar-refractivity contribution in [3.63, 3.8) is 0 Å². The highest BCUT2D eigenvalue weighted by atomic mass is 32.2. The van der Waals surface area contributed by atoms with Crippen molar-refractivity contribution in [1.82, 2.24) is 15.4 Å². The number of H-pyrrole nitrogens is 1. The second kappa shape index (κ2) is 3.11. The first kappa shape index (κ1) is 7.56. The lowest BCUT2D eigenvalue weighted by Gasteiger charge is -1.88. The number of aliphatic imine (C=N–C) groups is 2. The molecule has 0 aromatic carbocycles. The first-order chi connectivity index (χ1) is 5.84. The third kappa shape index (κ3) is 1.56. The summed E-state index contributed by atoms with van der Waals surface area (Å²) in [5.74, 6) is 0. The maximum Gasteiger partial charge on any atom is 0.195 e. The van der Waals surface area contributed by atoms with Crippen LogP contribution in [0.15, 0.2) is 21.2 Å². The number of nitrogens with zero attached hydrogens (tertiary/aromatic N) is 4. The van der Waals surface area contributed by atoms with E-state index in [0.717, 1.165) is 5.03 Å². The van der Waals surface area contributed by atoms with Crippen LogP contribution in [0, 0.1) is 0 Å². The van der Waals surface area contributed by atoms with Gasteiger partial charge in [-0.25, -0.2) is 9.98 Å². The van der Waals surface area contributed by atoms with E-state index in [0.29, 0.717) is 10.2 Å². The van der Waals surface area contributed by atoms with Crippen molar-refractivity contribution in [3.05, 3.63) is 6.20 Å². The number of aromatic amines is 1. The number of thiocarbonyl (C=S) groups is 1. The normalized spacial score (nSPS) is 15.3. The number of amidine groups is 1. The van der Waals surface area contributed by atoms with Gasteiger partial charge in [0, 0.05) is 0 Å². The quantitative estimate of drug-likeness (QED) is 0.672. The van der Waals surface area contributed by atoms with E-state index in [2.05, 4.69) is 25.4 Å². The summed E-state index contributed by atoms with van der Waals surface area (Å²) in [6, 6.07) is 0. The SMILES string of the molecule is S=C1C=NC(Sc2cn[nH]n2)=N1. The van der Waals surface area contributed by atoms with Crippen LogP contribution in [0.25, 0.3) is 0 Å². The maximum absolute atomic E-state index is 4.80. The number of rotatable bonds is 1. The summed E-state index contributed by atoms with van der Waals surface area (Å²) < 4.78 is 0. The number of nitrogens with one attached hydrogen (secondary N) is 1. The summed E-state index contributed by atoms with van der Waals surface area (Å²) in [5, 5.41) is 11.3. The molecule has 0 unspecified atom stereocenters. The van der Waals surface area contributed by atoms with Gasteiger partial charge in [-0.1, -0.05) is 12.2 Å². The molecule has 0 radical (unpaired) electrons. The third-order valence-corrected chi connectivity index (χ3v) is 2.06. The second-order valence-corrected chi connectivity index (χ2v) is 3.31. The molecule has 5 nitrogen and oxygen atoms in total. The van der Waals surface area contributed by atoms with Gasteiger partial charge in [-0.2, -0.15) is 10.3 Å². The Kier molecular flexibility index (Phi) is 1.96. The Morgan fingerprint density at radius 1 is 1.50 bits per heavy atom. The van der Waals surface area contributed by atoms with Crippen LogP contribution in [0.5, 0.6) is 0 Å². The van der Waals surface area contributed by atoms with Gasteiger partial charge < -0.3 is 0 Å². The van der Waals surface area contributed by atoms with Crippen molar-refractivity contribution >= 4 is 40.4 Å². The lowest BCUT2D eigenvalue weighted by Crippen LogP contribution is -1.83. The van der Waals surface area contributed by atoms with Crippen LogP contribution in [-0.4, -0.2) is 31.8 Å². The zero-order valence-corrected chi connectivity index (χ0v) is 7.39. The largest absolute Gasteiger partial charge is 0.228 e. The molecule has 0 amide bonds. The molecule has 2 heterocycles. The molecule has 1 aliphatic heterocycles. The van der Waals surface area contributed by atoms with E-state index in [-0.39, 0.29) is 0 Å². The van der Waals surface area contributed by atoms with E-state index in [9.17, 15) is 0 Å². The highest BCUT2D eigenvalue weighted by molar-refractivity contribution is 8.14. The van der Waals surface area contributed by atoms with Gasteiger partial charge in [-0.15, -0.1) is 5.10 Å². The first-order valence-corrected chi connectivity index (χ1v) is 4.27. The Balaban J connectivity index is 2.11. The fraction of sp³-hybridized carbons (Fsp3) is 0. The zero-order valence-electron chi connectivity index (χ0n) is 5.76. The Morgan fingerprint density at radius 3 is 3.00 bits per heavy atom. The molecular weight excluding hydrogens is 194 g/mol. The van der Waals surface area contributed by atoms with Gasteiger partial charge >= 0.3 is 0 Å². The molecule has 0 spiro atoms. The van der Waals surface area contributed by atoms with E-state index >= 15 is 0 Å². The summed E-state index contributed by atoms with van der Waals surface area (Å²) in [6.07, 6.45) is 3.14. The Labute approximate surface area is 77.4 Å². The molecule has 2 rings (SSSR count). The van der Waals surface area contributed by atoms with Crippen molar-refractivity contribution in [1.29, 1.82) is 0 Å². The van der Waals surface area contributed by atoms with E-state index < -0.39 is 0 Å². The van der Waals surface area contributed by atoms with Crippen LogP contribution in [0.3, 0.4) is 0 Å². The topological polar surface area (TPSA) is 66.3 Å². The molecule has 12 heavy (non-hydrogen) atoms. The van der Waals surface area contributed by atoms with Gasteiger partial charge in [-0.05, 0) is 11.8 Å². The monoisotopic (exact) mass is 197 g/mol. The minimum atomic E-state index is 0.501. The Bertz CT molecular complexity index is 352. The van der Waals surface area contributed by atoms with Crippen LogP contribution >= 0.6 is 24.0 Å². The molecule has 60 valence electrons. The molecule has 0 atom stereocenters. The fourth-order valence-corrected chi connectivity index (χ4v) is 1.47. The Hall–Kier alpha value is -1.08. The summed E-state index contributed by atoms with van der Waals surface area (Å²) >= 11 is 6.12. The van der Waals surface area contributed by atoms with Crippen molar-refractivity contribution in [3.8, 4) is 0 Å². The number of hydrogen-bond acceptors (Lipinski definition) is 5. The Morgan fingerprint density at radius 2 is 2.42 bits per heavy atom. The van der Waals surface area contributed by atoms with Crippen LogP contribution in [0.4, 0.5) is 0 Å². The molecule has 1 aromatic rings. The highest BCUT2D eigenvalue weighted by Crippen LogP contribution is 2.17. The van der Waals surface area contributed by atoms with Crippen LogP contribution < -0.4 is 0 Å². The maximum atomic E-state index is 4.80. The lowest BCUT2D eigenvalue weighted by molar-refractivity contribution is 0.912. The fourth-order valence-electron chi connectivity index (χ4n) is 0.645. The van der Waals surface area contributed by atoms with Crippen LogP contribution in [0.2, 0.25) is 0 Å². The lowest BCUT2D eigenvalue weighted by atomic mass is 10.8. The van der Waals surface area contributed by atoms with Crippen LogP contribution in [0.1, 0.15) is 0 Å². The molecule has 0 saturated heterocycles. The zero-order chi connectivity index (χ0) is 8.39. The minimum Gasteiger partial charge on any atom is -0.228 e. The van der Waals surface area contributed by atoms with E-state index in [4.69, 9.17) is 12.2 Å². The van der Waals surface area contributed by atoms with Crippen molar-refractivity contribution in [2.75, 3.05) is 0 Å². The standard InChI is InChI=1S/C5H3N5S2/c11-3-1-6-5(8-3)12-4-2-7-10-9-4/h1-2H,(H,7,9,10). The highest BCUT2D eigenvalue weighted by Gasteiger charge is 2.08. The molecule has 0 saturated carbocycles. The number of aromatic nitrogens is 3. The minimum absolute atomic E-state index is 0.501. The second-order valence-electron chi connectivity index (χ2n) is 1.90. The average Bonchev–Trinajstić information content (AvgIpc) is 2.63. The van der Waals surface area contributed by atoms with E-state index in [1.165, 1.54) is 18.0 Å². The molecule has 1 aliphatic rings. The predicted molar refractivity (Wildman–Crippen MR) is 50.8 cm³/mol. The summed E-state index contributed by atoms with van der Waals surface area (Å²) in [7, 11) is 0. The average molecular weight is 197 g/mol. The summed E-state index contributed by atoms with van der Waals surface area (Å²) in [4.78, 5) is 8.43. The predicted octanol–water partition coefficient (Wildman–Crippen LogP) is 0.665. The molecule has 7 heteroatoms.